The SMILES string of the molecule is O=C(C1CCN(C(=O)C2CCCN(C3=NS(=O)(=O)c4ccccc43)C2)CC1)N1CCCCC1. The highest BCUT2D eigenvalue weighted by Crippen LogP contribution is 2.31. The second-order valence-electron chi connectivity index (χ2n) is 9.66. The molecule has 2 amide bonds. The Morgan fingerprint density at radius 2 is 1.45 bits per heavy atom. The average Bonchev–Trinajstić information content (AvgIpc) is 3.15. The van der Waals surface area contributed by atoms with E-state index in [4.69, 9.17) is 0 Å². The fourth-order valence-electron chi connectivity index (χ4n) is 5.67. The second kappa shape index (κ2) is 9.08. The summed E-state index contributed by atoms with van der Waals surface area (Å²) in [7, 11) is -3.67. The molecule has 0 aliphatic carbocycles. The van der Waals surface area contributed by atoms with Crippen LogP contribution >= 0.6 is 0 Å². The number of amidine groups is 1. The molecule has 4 aliphatic rings. The Morgan fingerprint density at radius 3 is 2.21 bits per heavy atom. The van der Waals surface area contributed by atoms with Crippen molar-refractivity contribution in [3.05, 3.63) is 29.8 Å². The van der Waals surface area contributed by atoms with Gasteiger partial charge in [0, 0.05) is 50.7 Å². The Bertz CT molecular complexity index is 1060. The third-order valence-corrected chi connectivity index (χ3v) is 8.83. The van der Waals surface area contributed by atoms with E-state index >= 15 is 0 Å². The summed E-state index contributed by atoms with van der Waals surface area (Å²) < 4.78 is 28.9. The minimum Gasteiger partial charge on any atom is -0.355 e. The quantitative estimate of drug-likeness (QED) is 0.658. The first-order valence-corrected chi connectivity index (χ1v) is 13.6. The largest absolute Gasteiger partial charge is 0.355 e. The van der Waals surface area contributed by atoms with Crippen molar-refractivity contribution in [3.8, 4) is 0 Å². The van der Waals surface area contributed by atoms with Crippen molar-refractivity contribution in [1.82, 2.24) is 14.7 Å². The monoisotopic (exact) mass is 472 g/mol. The fourth-order valence-corrected chi connectivity index (χ4v) is 6.89. The molecule has 178 valence electrons. The number of carbonyl (C=O) groups excluding carboxylic acids is 2. The normalized spacial score (nSPS) is 25.5. The number of benzene rings is 1. The number of nitrogens with zero attached hydrogens (tertiary/aromatic N) is 4. The first-order chi connectivity index (χ1) is 15.9. The summed E-state index contributed by atoms with van der Waals surface area (Å²) in [5.74, 6) is 0.716. The lowest BCUT2D eigenvalue weighted by atomic mass is 9.91. The molecule has 9 heteroatoms. The van der Waals surface area contributed by atoms with Crippen molar-refractivity contribution in [2.75, 3.05) is 39.3 Å². The van der Waals surface area contributed by atoms with Crippen LogP contribution in [0.1, 0.15) is 50.5 Å². The van der Waals surface area contributed by atoms with Crippen molar-refractivity contribution in [3.63, 3.8) is 0 Å². The van der Waals surface area contributed by atoms with E-state index in [2.05, 4.69) is 4.40 Å². The van der Waals surface area contributed by atoms with Crippen LogP contribution in [-0.2, 0) is 19.6 Å². The van der Waals surface area contributed by atoms with E-state index in [1.54, 1.807) is 18.2 Å². The van der Waals surface area contributed by atoms with Crippen LogP contribution in [0.15, 0.2) is 33.6 Å². The minimum absolute atomic E-state index is 0.0320. The van der Waals surface area contributed by atoms with Crippen LogP contribution in [0.5, 0.6) is 0 Å². The van der Waals surface area contributed by atoms with E-state index in [0.717, 1.165) is 51.6 Å². The topological polar surface area (TPSA) is 90.4 Å². The van der Waals surface area contributed by atoms with E-state index in [-0.39, 0.29) is 28.5 Å². The van der Waals surface area contributed by atoms with Crippen LogP contribution in [-0.4, -0.2) is 80.0 Å². The molecule has 3 fully saturated rings. The summed E-state index contributed by atoms with van der Waals surface area (Å²) in [6.07, 6.45) is 6.48. The third-order valence-electron chi connectivity index (χ3n) is 7.51. The number of rotatable bonds is 2. The highest BCUT2D eigenvalue weighted by atomic mass is 32.2. The highest BCUT2D eigenvalue weighted by molar-refractivity contribution is 7.90. The second-order valence-corrected chi connectivity index (χ2v) is 11.2. The Balaban J connectivity index is 1.20. The van der Waals surface area contributed by atoms with Gasteiger partial charge in [-0.05, 0) is 57.1 Å². The van der Waals surface area contributed by atoms with Crippen LogP contribution in [0, 0.1) is 11.8 Å². The molecule has 1 atom stereocenters. The van der Waals surface area contributed by atoms with Gasteiger partial charge in [-0.1, -0.05) is 12.1 Å². The van der Waals surface area contributed by atoms with Crippen LogP contribution in [0.25, 0.3) is 0 Å². The van der Waals surface area contributed by atoms with Crippen LogP contribution in [0.2, 0.25) is 0 Å². The van der Waals surface area contributed by atoms with Gasteiger partial charge < -0.3 is 14.7 Å². The molecule has 0 saturated carbocycles. The van der Waals surface area contributed by atoms with E-state index in [1.165, 1.54) is 6.42 Å². The molecule has 5 rings (SSSR count). The van der Waals surface area contributed by atoms with Crippen molar-refractivity contribution in [1.29, 1.82) is 0 Å². The van der Waals surface area contributed by atoms with E-state index in [1.807, 2.05) is 20.8 Å². The summed E-state index contributed by atoms with van der Waals surface area (Å²) in [6, 6.07) is 6.89. The average molecular weight is 473 g/mol. The molecular weight excluding hydrogens is 440 g/mol. The minimum atomic E-state index is -3.67. The van der Waals surface area contributed by atoms with Gasteiger partial charge in [-0.15, -0.1) is 4.40 Å². The molecule has 8 nitrogen and oxygen atoms in total. The van der Waals surface area contributed by atoms with Gasteiger partial charge in [-0.3, -0.25) is 9.59 Å². The summed E-state index contributed by atoms with van der Waals surface area (Å²) >= 11 is 0. The van der Waals surface area contributed by atoms with Crippen molar-refractivity contribution >= 4 is 27.7 Å². The maximum atomic E-state index is 13.3. The van der Waals surface area contributed by atoms with E-state index < -0.39 is 10.0 Å². The fraction of sp³-hybridized carbons (Fsp3) is 0.625. The lowest BCUT2D eigenvalue weighted by Gasteiger charge is -2.39. The molecule has 1 aromatic rings. The molecule has 4 heterocycles. The van der Waals surface area contributed by atoms with Crippen molar-refractivity contribution in [2.45, 2.75) is 49.8 Å². The van der Waals surface area contributed by atoms with Gasteiger partial charge in [-0.25, -0.2) is 0 Å². The van der Waals surface area contributed by atoms with Crippen LogP contribution in [0.4, 0.5) is 0 Å². The number of hydrogen-bond donors (Lipinski definition) is 0. The Morgan fingerprint density at radius 1 is 0.788 bits per heavy atom. The van der Waals surface area contributed by atoms with Gasteiger partial charge in [0.15, 0.2) is 5.84 Å². The summed E-state index contributed by atoms with van der Waals surface area (Å²) in [6.45, 7) is 4.17. The zero-order valence-electron chi connectivity index (χ0n) is 19.0. The molecule has 0 spiro atoms. The molecule has 0 radical (unpaired) electrons. The van der Waals surface area contributed by atoms with Gasteiger partial charge in [0.2, 0.25) is 11.8 Å². The van der Waals surface area contributed by atoms with Crippen molar-refractivity contribution < 1.29 is 18.0 Å². The Hall–Kier alpha value is -2.42. The number of fused-ring (bicyclic) bond motifs is 1. The Labute approximate surface area is 195 Å². The van der Waals surface area contributed by atoms with Gasteiger partial charge in [-0.2, -0.15) is 8.42 Å². The van der Waals surface area contributed by atoms with Gasteiger partial charge in [0.25, 0.3) is 10.0 Å². The molecular formula is C24H32N4O4S. The Kier molecular flexibility index (Phi) is 6.16. The first kappa shape index (κ1) is 22.4. The maximum absolute atomic E-state index is 13.3. The highest BCUT2D eigenvalue weighted by Gasteiger charge is 2.37. The zero-order chi connectivity index (χ0) is 23.0. The third kappa shape index (κ3) is 4.39. The predicted octanol–water partition coefficient (Wildman–Crippen LogP) is 2.10. The smallest absolute Gasteiger partial charge is 0.285 e. The van der Waals surface area contributed by atoms with Crippen LogP contribution < -0.4 is 0 Å². The lowest BCUT2D eigenvalue weighted by molar-refractivity contribution is -0.143. The number of piperidine rings is 3. The molecule has 1 unspecified atom stereocenters. The molecule has 0 bridgehead atoms. The predicted molar refractivity (Wildman–Crippen MR) is 124 cm³/mol. The zero-order valence-corrected chi connectivity index (χ0v) is 19.8. The molecule has 1 aromatic carbocycles. The van der Waals surface area contributed by atoms with Gasteiger partial charge in [0.1, 0.15) is 4.90 Å². The summed E-state index contributed by atoms with van der Waals surface area (Å²) in [5, 5.41) is 0. The summed E-state index contributed by atoms with van der Waals surface area (Å²) in [5.41, 5.74) is 0.627. The van der Waals surface area contributed by atoms with E-state index in [9.17, 15) is 18.0 Å². The molecule has 33 heavy (non-hydrogen) atoms. The van der Waals surface area contributed by atoms with Gasteiger partial charge in [0.05, 0.1) is 5.92 Å². The number of likely N-dealkylation sites (tertiary alicyclic amines) is 3. The maximum Gasteiger partial charge on any atom is 0.285 e. The number of amides is 2. The summed E-state index contributed by atoms with van der Waals surface area (Å²) in [4.78, 5) is 32.3. The number of carbonyl (C=O) groups is 2. The van der Waals surface area contributed by atoms with Crippen molar-refractivity contribution in [2.24, 2.45) is 16.2 Å². The molecule has 0 N–H and O–H groups in total. The molecule has 3 saturated heterocycles. The lowest BCUT2D eigenvalue weighted by Crippen LogP contribution is -2.50. The number of sulfonamides is 1. The first-order valence-electron chi connectivity index (χ1n) is 12.2. The van der Waals surface area contributed by atoms with Gasteiger partial charge >= 0.3 is 0 Å². The molecule has 4 aliphatic heterocycles. The van der Waals surface area contributed by atoms with Crippen LogP contribution in [0.3, 0.4) is 0 Å². The standard InChI is InChI=1S/C24H32N4O4S/c29-23(26-12-4-1-5-13-26)18-10-15-27(16-11-18)24(30)19-7-6-14-28(17-19)22-20-8-2-3-9-21(20)33(31,32)25-22/h2-3,8-9,18-19H,1,4-7,10-17H2. The van der Waals surface area contributed by atoms with E-state index in [0.29, 0.717) is 37.6 Å². The number of hydrogen-bond acceptors (Lipinski definition) is 5. The molecule has 0 aromatic heterocycles.